The lowest BCUT2D eigenvalue weighted by molar-refractivity contribution is 0.158. The number of hydrogen-bond acceptors (Lipinski definition) is 3. The number of benzene rings is 3. The average molecular weight is 445 g/mol. The number of ether oxygens (including phenoxy) is 2. The minimum Gasteiger partial charge on any atom is -0.493 e. The van der Waals surface area contributed by atoms with Crippen molar-refractivity contribution in [3.05, 3.63) is 93.6 Å². The van der Waals surface area contributed by atoms with Gasteiger partial charge in [-0.3, -0.25) is 4.90 Å². The van der Waals surface area contributed by atoms with Gasteiger partial charge in [0.1, 0.15) is 6.61 Å². The van der Waals surface area contributed by atoms with Gasteiger partial charge < -0.3 is 14.5 Å². The van der Waals surface area contributed by atoms with Crippen molar-refractivity contribution in [2.24, 2.45) is 0 Å². The minimum absolute atomic E-state index is 0.356. The zero-order chi connectivity index (χ0) is 21.7. The number of aromatic amines is 1. The molecule has 0 aliphatic carbocycles. The maximum Gasteiger partial charge on any atom is 0.162 e. The highest BCUT2D eigenvalue weighted by Crippen LogP contribution is 2.44. The van der Waals surface area contributed by atoms with Crippen molar-refractivity contribution in [3.63, 3.8) is 0 Å². The van der Waals surface area contributed by atoms with Gasteiger partial charge in [-0.2, -0.15) is 0 Å². The lowest BCUT2D eigenvalue weighted by Crippen LogP contribution is -2.39. The van der Waals surface area contributed by atoms with Crippen LogP contribution in [-0.2, 0) is 26.0 Å². The second kappa shape index (κ2) is 7.88. The Balaban J connectivity index is 1.34. The maximum atomic E-state index is 6.23. The highest BCUT2D eigenvalue weighted by atomic mass is 35.5. The monoisotopic (exact) mass is 444 g/mol. The van der Waals surface area contributed by atoms with Gasteiger partial charge in [0.05, 0.1) is 7.11 Å². The molecule has 1 N–H and O–H groups in total. The van der Waals surface area contributed by atoms with Crippen LogP contribution in [0.1, 0.15) is 34.0 Å². The molecule has 32 heavy (non-hydrogen) atoms. The molecule has 4 nitrogen and oxygen atoms in total. The first-order valence-electron chi connectivity index (χ1n) is 11.1. The fourth-order valence-corrected chi connectivity index (χ4v) is 5.35. The SMILES string of the molecule is COc1cc2c(cc1OCc1ccc(Cl)cc1)C1Cc3c([nH]c4ccccc34)CN1CC2. The van der Waals surface area contributed by atoms with E-state index in [1.54, 1.807) is 7.11 Å². The molecular weight excluding hydrogens is 420 g/mol. The molecule has 0 radical (unpaired) electrons. The summed E-state index contributed by atoms with van der Waals surface area (Å²) in [6, 6.07) is 21.2. The predicted octanol–water partition coefficient (Wildman–Crippen LogP) is 6.06. The fraction of sp³-hybridized carbons (Fsp3) is 0.259. The second-order valence-corrected chi connectivity index (χ2v) is 9.12. The standard InChI is InChI=1S/C27H25ClN2O2/c1-31-26-12-18-10-11-30-15-24-22(20-4-2-3-5-23(20)29-24)13-25(30)21(18)14-27(26)32-16-17-6-8-19(28)9-7-17/h2-9,12,14,25,29H,10-11,13,15-16H2,1H3. The summed E-state index contributed by atoms with van der Waals surface area (Å²) in [6.07, 6.45) is 2.03. The third-order valence-electron chi connectivity index (χ3n) is 6.86. The second-order valence-electron chi connectivity index (χ2n) is 8.69. The van der Waals surface area contributed by atoms with E-state index in [1.165, 1.54) is 33.3 Å². The van der Waals surface area contributed by atoms with Crippen LogP contribution in [0.15, 0.2) is 60.7 Å². The molecule has 162 valence electrons. The van der Waals surface area contributed by atoms with E-state index >= 15 is 0 Å². The Morgan fingerprint density at radius 1 is 1.06 bits per heavy atom. The van der Waals surface area contributed by atoms with Crippen molar-refractivity contribution in [3.8, 4) is 11.5 Å². The van der Waals surface area contributed by atoms with E-state index < -0.39 is 0 Å². The van der Waals surface area contributed by atoms with E-state index in [0.717, 1.165) is 48.0 Å². The number of fused-ring (bicyclic) bond motifs is 6. The molecule has 3 heterocycles. The van der Waals surface area contributed by atoms with Crippen molar-refractivity contribution < 1.29 is 9.47 Å². The summed E-state index contributed by atoms with van der Waals surface area (Å²) in [5.74, 6) is 1.60. The number of nitrogens with one attached hydrogen (secondary N) is 1. The summed E-state index contributed by atoms with van der Waals surface area (Å²) in [4.78, 5) is 6.24. The minimum atomic E-state index is 0.356. The molecule has 2 aliphatic heterocycles. The zero-order valence-corrected chi connectivity index (χ0v) is 18.8. The number of aromatic nitrogens is 1. The van der Waals surface area contributed by atoms with E-state index in [4.69, 9.17) is 21.1 Å². The third-order valence-corrected chi connectivity index (χ3v) is 7.11. The summed E-state index contributed by atoms with van der Waals surface area (Å²) in [7, 11) is 1.71. The molecule has 2 aliphatic rings. The van der Waals surface area contributed by atoms with E-state index in [9.17, 15) is 0 Å². The number of rotatable bonds is 4. The van der Waals surface area contributed by atoms with Gasteiger partial charge >= 0.3 is 0 Å². The van der Waals surface area contributed by atoms with E-state index in [0.29, 0.717) is 12.6 Å². The van der Waals surface area contributed by atoms with Gasteiger partial charge in [-0.1, -0.05) is 41.9 Å². The van der Waals surface area contributed by atoms with Crippen LogP contribution in [0.4, 0.5) is 0 Å². The van der Waals surface area contributed by atoms with Crippen molar-refractivity contribution in [2.75, 3.05) is 13.7 Å². The highest BCUT2D eigenvalue weighted by Gasteiger charge is 2.34. The van der Waals surface area contributed by atoms with Crippen LogP contribution in [0.5, 0.6) is 11.5 Å². The molecule has 0 bridgehead atoms. The van der Waals surface area contributed by atoms with E-state index in [-0.39, 0.29) is 0 Å². The van der Waals surface area contributed by atoms with Gasteiger partial charge in [0.2, 0.25) is 0 Å². The van der Waals surface area contributed by atoms with Crippen LogP contribution in [-0.4, -0.2) is 23.5 Å². The first-order valence-corrected chi connectivity index (χ1v) is 11.5. The van der Waals surface area contributed by atoms with Gasteiger partial charge in [0, 0.05) is 40.8 Å². The maximum absolute atomic E-state index is 6.23. The molecule has 0 saturated heterocycles. The number of methoxy groups -OCH3 is 1. The van der Waals surface area contributed by atoms with Crippen molar-refractivity contribution in [1.82, 2.24) is 9.88 Å². The number of halogens is 1. The van der Waals surface area contributed by atoms with E-state index in [2.05, 4.69) is 46.3 Å². The van der Waals surface area contributed by atoms with Crippen LogP contribution in [0.2, 0.25) is 5.02 Å². The van der Waals surface area contributed by atoms with Gasteiger partial charge in [-0.05, 0) is 65.4 Å². The Morgan fingerprint density at radius 2 is 1.91 bits per heavy atom. The third kappa shape index (κ3) is 3.35. The number of nitrogens with zero attached hydrogens (tertiary/aromatic N) is 1. The van der Waals surface area contributed by atoms with Gasteiger partial charge in [0.15, 0.2) is 11.5 Å². The smallest absolute Gasteiger partial charge is 0.162 e. The fourth-order valence-electron chi connectivity index (χ4n) is 5.22. The molecule has 0 fully saturated rings. The molecule has 1 atom stereocenters. The molecule has 1 aromatic heterocycles. The van der Waals surface area contributed by atoms with Crippen LogP contribution in [0, 0.1) is 0 Å². The molecule has 6 rings (SSSR count). The summed E-state index contributed by atoms with van der Waals surface area (Å²) >= 11 is 6.02. The Morgan fingerprint density at radius 3 is 2.75 bits per heavy atom. The molecular formula is C27H25ClN2O2. The number of H-pyrrole nitrogens is 1. The summed E-state index contributed by atoms with van der Waals surface area (Å²) in [5.41, 5.74) is 7.85. The predicted molar refractivity (Wildman–Crippen MR) is 128 cm³/mol. The lowest BCUT2D eigenvalue weighted by atomic mass is 9.85. The summed E-state index contributed by atoms with van der Waals surface area (Å²) in [6.45, 7) is 2.50. The quantitative estimate of drug-likeness (QED) is 0.415. The first kappa shape index (κ1) is 19.7. The molecule has 0 amide bonds. The first-order chi connectivity index (χ1) is 15.7. The van der Waals surface area contributed by atoms with Crippen LogP contribution < -0.4 is 9.47 Å². The topological polar surface area (TPSA) is 37.5 Å². The zero-order valence-electron chi connectivity index (χ0n) is 18.0. The van der Waals surface area contributed by atoms with E-state index in [1.807, 2.05) is 24.3 Å². The van der Waals surface area contributed by atoms with Crippen molar-refractivity contribution >= 4 is 22.5 Å². The normalized spacial score (nSPS) is 17.5. The molecule has 1 unspecified atom stereocenters. The summed E-state index contributed by atoms with van der Waals surface area (Å²) in [5, 5.41) is 2.08. The van der Waals surface area contributed by atoms with Gasteiger partial charge in [0.25, 0.3) is 0 Å². The van der Waals surface area contributed by atoms with Crippen LogP contribution in [0.25, 0.3) is 10.9 Å². The van der Waals surface area contributed by atoms with Crippen molar-refractivity contribution in [1.29, 1.82) is 0 Å². The number of para-hydroxylation sites is 1. The van der Waals surface area contributed by atoms with Crippen LogP contribution in [0.3, 0.4) is 0 Å². The molecule has 5 heteroatoms. The molecule has 4 aromatic rings. The van der Waals surface area contributed by atoms with Gasteiger partial charge in [-0.15, -0.1) is 0 Å². The Labute approximate surface area is 192 Å². The largest absolute Gasteiger partial charge is 0.493 e. The average Bonchev–Trinajstić information content (AvgIpc) is 3.19. The highest BCUT2D eigenvalue weighted by molar-refractivity contribution is 6.30. The summed E-state index contributed by atoms with van der Waals surface area (Å²) < 4.78 is 11.9. The molecule has 3 aromatic carbocycles. The molecule has 0 saturated carbocycles. The lowest BCUT2D eigenvalue weighted by Gasteiger charge is -2.40. The van der Waals surface area contributed by atoms with Crippen molar-refractivity contribution in [2.45, 2.75) is 32.0 Å². The Hall–Kier alpha value is -2.95. The Bertz CT molecular complexity index is 1300. The van der Waals surface area contributed by atoms with Crippen LogP contribution >= 0.6 is 11.6 Å². The molecule has 0 spiro atoms. The Kier molecular flexibility index (Phi) is 4.85. The number of hydrogen-bond donors (Lipinski definition) is 1. The van der Waals surface area contributed by atoms with Gasteiger partial charge in [-0.25, -0.2) is 0 Å².